The summed E-state index contributed by atoms with van der Waals surface area (Å²) in [6, 6.07) is 10.2. The third-order valence-corrected chi connectivity index (χ3v) is 5.60. The molecular weight excluding hydrogens is 362 g/mol. The molecule has 0 radical (unpaired) electrons. The molecule has 0 fully saturated rings. The van der Waals surface area contributed by atoms with Gasteiger partial charge in [0.05, 0.1) is 16.3 Å². The molecule has 0 bridgehead atoms. The molecule has 0 aliphatic carbocycles. The first kappa shape index (κ1) is 17.8. The molecule has 132 valence electrons. The zero-order chi connectivity index (χ0) is 18.2. The maximum atomic E-state index is 12.5. The van der Waals surface area contributed by atoms with Crippen molar-refractivity contribution >= 4 is 27.5 Å². The Morgan fingerprint density at radius 2 is 1.96 bits per heavy atom. The molecular formula is C18H18ClNO4S. The normalized spacial score (nSPS) is 16.2. The number of rotatable bonds is 4. The summed E-state index contributed by atoms with van der Waals surface area (Å²) < 4.78 is 32.6. The molecule has 7 heteroatoms. The number of carbonyl (C=O) groups is 1. The number of aryl methyl sites for hydroxylation is 1. The first-order valence-corrected chi connectivity index (χ1v) is 9.71. The van der Waals surface area contributed by atoms with Gasteiger partial charge in [0.25, 0.3) is 10.0 Å². The van der Waals surface area contributed by atoms with Crippen LogP contribution in [0.1, 0.15) is 23.6 Å². The minimum absolute atomic E-state index is 0.0155. The Bertz CT molecular complexity index is 923. The maximum absolute atomic E-state index is 12.5. The van der Waals surface area contributed by atoms with E-state index >= 15 is 0 Å². The molecule has 1 aliphatic rings. The lowest BCUT2D eigenvalue weighted by atomic mass is 10.1. The lowest BCUT2D eigenvalue weighted by Gasteiger charge is -2.10. The van der Waals surface area contributed by atoms with Gasteiger partial charge in [0, 0.05) is 12.0 Å². The first-order valence-electron chi connectivity index (χ1n) is 7.85. The summed E-state index contributed by atoms with van der Waals surface area (Å²) >= 11 is 6.13. The van der Waals surface area contributed by atoms with Crippen LogP contribution in [0, 0.1) is 6.92 Å². The quantitative estimate of drug-likeness (QED) is 0.886. The molecule has 0 aromatic heterocycles. The van der Waals surface area contributed by atoms with Crippen LogP contribution >= 0.6 is 11.6 Å². The SMILES string of the molecule is Cc1ccc(CC(=O)NS(=O)(=O)c2cc(Cl)c3c(c2)CC(C)O3)cc1. The Hall–Kier alpha value is -2.05. The van der Waals surface area contributed by atoms with Crippen LogP contribution in [-0.4, -0.2) is 20.4 Å². The number of ether oxygens (including phenoxy) is 1. The number of halogens is 1. The van der Waals surface area contributed by atoms with Gasteiger partial charge >= 0.3 is 0 Å². The van der Waals surface area contributed by atoms with Crippen molar-refractivity contribution in [1.82, 2.24) is 4.72 Å². The fourth-order valence-corrected chi connectivity index (χ4v) is 4.16. The first-order chi connectivity index (χ1) is 11.7. The zero-order valence-corrected chi connectivity index (χ0v) is 15.4. The van der Waals surface area contributed by atoms with Gasteiger partial charge in [-0.15, -0.1) is 0 Å². The second kappa shape index (κ2) is 6.69. The van der Waals surface area contributed by atoms with Gasteiger partial charge in [-0.05, 0) is 31.5 Å². The van der Waals surface area contributed by atoms with Crippen LogP contribution in [0.2, 0.25) is 5.02 Å². The molecule has 0 saturated heterocycles. The number of hydrogen-bond acceptors (Lipinski definition) is 4. The number of hydrogen-bond donors (Lipinski definition) is 1. The van der Waals surface area contributed by atoms with Crippen LogP contribution in [0.3, 0.4) is 0 Å². The van der Waals surface area contributed by atoms with Crippen molar-refractivity contribution in [2.75, 3.05) is 0 Å². The van der Waals surface area contributed by atoms with Crippen LogP contribution in [0.25, 0.3) is 0 Å². The average Bonchev–Trinajstić information content (AvgIpc) is 2.90. The van der Waals surface area contributed by atoms with Gasteiger partial charge < -0.3 is 4.74 Å². The fourth-order valence-electron chi connectivity index (χ4n) is 2.75. The van der Waals surface area contributed by atoms with E-state index in [9.17, 15) is 13.2 Å². The zero-order valence-electron chi connectivity index (χ0n) is 13.9. The average molecular weight is 380 g/mol. The Balaban J connectivity index is 1.78. The molecule has 0 spiro atoms. The third kappa shape index (κ3) is 3.96. The van der Waals surface area contributed by atoms with Gasteiger partial charge in [-0.25, -0.2) is 13.1 Å². The highest BCUT2D eigenvalue weighted by Crippen LogP contribution is 2.37. The van der Waals surface area contributed by atoms with Gasteiger partial charge in [0.2, 0.25) is 5.91 Å². The van der Waals surface area contributed by atoms with Crippen LogP contribution in [0.5, 0.6) is 5.75 Å². The number of carbonyl (C=O) groups excluding carboxylic acids is 1. The van der Waals surface area contributed by atoms with Crippen LogP contribution in [0.15, 0.2) is 41.3 Å². The minimum atomic E-state index is -3.99. The van der Waals surface area contributed by atoms with Crippen LogP contribution < -0.4 is 9.46 Å². The smallest absolute Gasteiger partial charge is 0.264 e. The molecule has 5 nitrogen and oxygen atoms in total. The summed E-state index contributed by atoms with van der Waals surface area (Å²) in [4.78, 5) is 12.1. The molecule has 1 heterocycles. The highest BCUT2D eigenvalue weighted by molar-refractivity contribution is 7.90. The lowest BCUT2D eigenvalue weighted by molar-refractivity contribution is -0.118. The number of benzene rings is 2. The van der Waals surface area contributed by atoms with Crippen molar-refractivity contribution < 1.29 is 17.9 Å². The Labute approximate surface area is 152 Å². The van der Waals surface area contributed by atoms with Crippen molar-refractivity contribution in [3.63, 3.8) is 0 Å². The Morgan fingerprint density at radius 3 is 2.64 bits per heavy atom. The monoisotopic (exact) mass is 379 g/mol. The van der Waals surface area contributed by atoms with Crippen molar-refractivity contribution in [2.45, 2.75) is 37.7 Å². The summed E-state index contributed by atoms with van der Waals surface area (Å²) in [5.41, 5.74) is 2.54. The van der Waals surface area contributed by atoms with Crippen LogP contribution in [-0.2, 0) is 27.7 Å². The minimum Gasteiger partial charge on any atom is -0.489 e. The molecule has 1 amide bonds. The summed E-state index contributed by atoms with van der Waals surface area (Å²) in [6.07, 6.45) is 0.509. The van der Waals surface area contributed by atoms with Gasteiger partial charge in [0.1, 0.15) is 11.9 Å². The molecule has 1 aliphatic heterocycles. The van der Waals surface area contributed by atoms with Crippen LogP contribution in [0.4, 0.5) is 0 Å². The van der Waals surface area contributed by atoms with E-state index < -0.39 is 15.9 Å². The summed E-state index contributed by atoms with van der Waals surface area (Å²) in [7, 11) is -3.99. The molecule has 0 saturated carbocycles. The van der Waals surface area contributed by atoms with E-state index in [0.29, 0.717) is 12.2 Å². The predicted molar refractivity (Wildman–Crippen MR) is 95.5 cm³/mol. The standard InChI is InChI=1S/C18H18ClNO4S/c1-11-3-5-13(6-4-11)8-17(21)20-25(22,23)15-9-14-7-12(2)24-18(14)16(19)10-15/h3-6,9-10,12H,7-8H2,1-2H3,(H,20,21). The number of sulfonamides is 1. The number of fused-ring (bicyclic) bond motifs is 1. The molecule has 1 N–H and O–H groups in total. The molecule has 1 atom stereocenters. The Kier molecular flexibility index (Phi) is 4.75. The summed E-state index contributed by atoms with van der Waals surface area (Å²) in [6.45, 7) is 3.82. The third-order valence-electron chi connectivity index (χ3n) is 3.96. The second-order valence-electron chi connectivity index (χ2n) is 6.22. The van der Waals surface area contributed by atoms with E-state index in [0.717, 1.165) is 16.7 Å². The van der Waals surface area contributed by atoms with Crippen molar-refractivity contribution in [1.29, 1.82) is 0 Å². The van der Waals surface area contributed by atoms with Crippen molar-refractivity contribution in [3.05, 3.63) is 58.1 Å². The van der Waals surface area contributed by atoms with E-state index in [1.54, 1.807) is 12.1 Å². The van der Waals surface area contributed by atoms with Gasteiger partial charge in [-0.1, -0.05) is 41.4 Å². The Morgan fingerprint density at radius 1 is 1.28 bits per heavy atom. The maximum Gasteiger partial charge on any atom is 0.264 e. The highest BCUT2D eigenvalue weighted by Gasteiger charge is 2.26. The van der Waals surface area contributed by atoms with E-state index in [-0.39, 0.29) is 22.4 Å². The van der Waals surface area contributed by atoms with E-state index in [4.69, 9.17) is 16.3 Å². The van der Waals surface area contributed by atoms with E-state index in [1.165, 1.54) is 12.1 Å². The number of nitrogens with one attached hydrogen (secondary N) is 1. The summed E-state index contributed by atoms with van der Waals surface area (Å²) in [5, 5.41) is 0.230. The van der Waals surface area contributed by atoms with Gasteiger partial charge in [-0.2, -0.15) is 0 Å². The predicted octanol–water partition coefficient (Wildman–Crippen LogP) is 3.02. The highest BCUT2D eigenvalue weighted by atomic mass is 35.5. The molecule has 3 rings (SSSR count). The van der Waals surface area contributed by atoms with Gasteiger partial charge in [0.15, 0.2) is 0 Å². The molecule has 2 aromatic rings. The lowest BCUT2D eigenvalue weighted by Crippen LogP contribution is -2.31. The van der Waals surface area contributed by atoms with Crippen molar-refractivity contribution in [3.8, 4) is 5.75 Å². The summed E-state index contributed by atoms with van der Waals surface area (Å²) in [5.74, 6) is -0.0795. The van der Waals surface area contributed by atoms with Gasteiger partial charge in [-0.3, -0.25) is 4.79 Å². The molecule has 25 heavy (non-hydrogen) atoms. The topological polar surface area (TPSA) is 72.5 Å². The fraction of sp³-hybridized carbons (Fsp3) is 0.278. The largest absolute Gasteiger partial charge is 0.489 e. The molecule has 1 unspecified atom stereocenters. The van der Waals surface area contributed by atoms with Crippen molar-refractivity contribution in [2.24, 2.45) is 0 Å². The van der Waals surface area contributed by atoms with E-state index in [1.807, 2.05) is 26.0 Å². The second-order valence-corrected chi connectivity index (χ2v) is 8.31. The van der Waals surface area contributed by atoms with E-state index in [2.05, 4.69) is 4.72 Å². The number of amides is 1. The molecule has 2 aromatic carbocycles.